The lowest BCUT2D eigenvalue weighted by atomic mass is 9.81. The van der Waals surface area contributed by atoms with Crippen LogP contribution in [0.4, 0.5) is 0 Å². The lowest BCUT2D eigenvalue weighted by Crippen LogP contribution is -2.19. The van der Waals surface area contributed by atoms with E-state index in [1.54, 1.807) is 0 Å². The van der Waals surface area contributed by atoms with E-state index in [-0.39, 0.29) is 0 Å². The van der Waals surface area contributed by atoms with Gasteiger partial charge < -0.3 is 0 Å². The number of benzene rings is 1. The van der Waals surface area contributed by atoms with Crippen molar-refractivity contribution in [3.8, 4) is 0 Å². The summed E-state index contributed by atoms with van der Waals surface area (Å²) in [4.78, 5) is 4.77. The van der Waals surface area contributed by atoms with Crippen LogP contribution in [0.2, 0.25) is 0 Å². The van der Waals surface area contributed by atoms with Gasteiger partial charge in [-0.2, -0.15) is 0 Å². The van der Waals surface area contributed by atoms with Gasteiger partial charge in [0.05, 0.1) is 0 Å². The Balaban J connectivity index is 2.12. The Hall–Kier alpha value is -1.11. The van der Waals surface area contributed by atoms with Crippen LogP contribution in [0.25, 0.3) is 0 Å². The highest BCUT2D eigenvalue weighted by molar-refractivity contribution is 6.05. The largest absolute Gasteiger partial charge is 0.286 e. The van der Waals surface area contributed by atoms with Crippen LogP contribution >= 0.6 is 0 Å². The normalized spacial score (nSPS) is 29.4. The minimum absolute atomic E-state index is 0.543. The standard InChI is InChI=1S/C13H15N/c1-9-8-11-7-6-10-4-2-3-5-12(10)13(11)14-9/h2-5,9,11H,6-8H2,1H3. The Bertz CT molecular complexity index is 392. The zero-order valence-corrected chi connectivity index (χ0v) is 8.53. The van der Waals surface area contributed by atoms with Crippen LogP contribution < -0.4 is 0 Å². The molecule has 1 heterocycles. The van der Waals surface area contributed by atoms with Crippen molar-refractivity contribution in [3.05, 3.63) is 35.4 Å². The number of fused-ring (bicyclic) bond motifs is 3. The van der Waals surface area contributed by atoms with Gasteiger partial charge >= 0.3 is 0 Å². The fourth-order valence-electron chi connectivity index (χ4n) is 2.78. The van der Waals surface area contributed by atoms with Crippen LogP contribution in [-0.2, 0) is 6.42 Å². The maximum absolute atomic E-state index is 4.77. The highest BCUT2D eigenvalue weighted by Gasteiger charge is 2.30. The van der Waals surface area contributed by atoms with E-state index in [0.717, 1.165) is 5.92 Å². The summed E-state index contributed by atoms with van der Waals surface area (Å²) in [5, 5.41) is 0. The van der Waals surface area contributed by atoms with Gasteiger partial charge in [-0.15, -0.1) is 0 Å². The number of hydrogen-bond donors (Lipinski definition) is 0. The summed E-state index contributed by atoms with van der Waals surface area (Å²) in [7, 11) is 0. The SMILES string of the molecule is CC1CC2CCc3ccccc3C2=N1. The van der Waals surface area contributed by atoms with Gasteiger partial charge in [-0.1, -0.05) is 24.3 Å². The molecule has 0 N–H and O–H groups in total. The molecule has 1 aliphatic carbocycles. The van der Waals surface area contributed by atoms with Crippen molar-refractivity contribution >= 4 is 5.71 Å². The van der Waals surface area contributed by atoms with E-state index in [0.29, 0.717) is 6.04 Å². The molecule has 0 amide bonds. The Morgan fingerprint density at radius 3 is 3.07 bits per heavy atom. The smallest absolute Gasteiger partial charge is 0.0481 e. The molecular weight excluding hydrogens is 170 g/mol. The molecule has 14 heavy (non-hydrogen) atoms. The number of aryl methyl sites for hydroxylation is 1. The van der Waals surface area contributed by atoms with Gasteiger partial charge in [0.2, 0.25) is 0 Å². The predicted molar refractivity (Wildman–Crippen MR) is 58.9 cm³/mol. The molecule has 2 aliphatic rings. The van der Waals surface area contributed by atoms with Crippen LogP contribution in [0.1, 0.15) is 30.9 Å². The average Bonchev–Trinajstić information content (AvgIpc) is 2.59. The molecule has 0 bridgehead atoms. The molecule has 2 unspecified atom stereocenters. The molecule has 0 saturated carbocycles. The van der Waals surface area contributed by atoms with E-state index in [1.807, 2.05) is 0 Å². The molecule has 3 rings (SSSR count). The second kappa shape index (κ2) is 2.94. The van der Waals surface area contributed by atoms with E-state index in [1.165, 1.54) is 36.1 Å². The quantitative estimate of drug-likeness (QED) is 0.589. The molecule has 0 radical (unpaired) electrons. The maximum atomic E-state index is 4.77. The summed E-state index contributed by atoms with van der Waals surface area (Å²) in [6, 6.07) is 9.29. The molecule has 1 aliphatic heterocycles. The average molecular weight is 185 g/mol. The summed E-state index contributed by atoms with van der Waals surface area (Å²) in [5.74, 6) is 0.750. The third-order valence-electron chi connectivity index (χ3n) is 3.43. The summed E-state index contributed by atoms with van der Waals surface area (Å²) in [5.41, 5.74) is 4.31. The van der Waals surface area contributed by atoms with Crippen molar-refractivity contribution in [1.82, 2.24) is 0 Å². The molecule has 0 spiro atoms. The summed E-state index contributed by atoms with van der Waals surface area (Å²) in [6.45, 7) is 2.23. The molecule has 0 fully saturated rings. The summed E-state index contributed by atoms with van der Waals surface area (Å²) >= 11 is 0. The Kier molecular flexibility index (Phi) is 1.73. The van der Waals surface area contributed by atoms with Crippen molar-refractivity contribution in [1.29, 1.82) is 0 Å². The first-order chi connectivity index (χ1) is 6.84. The van der Waals surface area contributed by atoms with Crippen molar-refractivity contribution in [2.45, 2.75) is 32.2 Å². The number of hydrogen-bond acceptors (Lipinski definition) is 1. The van der Waals surface area contributed by atoms with Gasteiger partial charge in [-0.3, -0.25) is 4.99 Å². The second-order valence-electron chi connectivity index (χ2n) is 4.49. The van der Waals surface area contributed by atoms with E-state index in [4.69, 9.17) is 4.99 Å². The van der Waals surface area contributed by atoms with Crippen molar-refractivity contribution in [3.63, 3.8) is 0 Å². The van der Waals surface area contributed by atoms with Crippen LogP contribution in [-0.4, -0.2) is 11.8 Å². The zero-order chi connectivity index (χ0) is 9.54. The van der Waals surface area contributed by atoms with Crippen LogP contribution in [0.15, 0.2) is 29.3 Å². The molecule has 0 aromatic heterocycles. The number of nitrogens with zero attached hydrogens (tertiary/aromatic N) is 1. The van der Waals surface area contributed by atoms with Crippen molar-refractivity contribution in [2.24, 2.45) is 10.9 Å². The van der Waals surface area contributed by atoms with Gasteiger partial charge in [0, 0.05) is 17.7 Å². The second-order valence-corrected chi connectivity index (χ2v) is 4.49. The predicted octanol–water partition coefficient (Wildman–Crippen LogP) is 2.83. The van der Waals surface area contributed by atoms with Gasteiger partial charge in [0.25, 0.3) is 0 Å². The lowest BCUT2D eigenvalue weighted by molar-refractivity contribution is 0.557. The fourth-order valence-corrected chi connectivity index (χ4v) is 2.78. The molecular formula is C13H15N. The molecule has 1 nitrogen and oxygen atoms in total. The highest BCUT2D eigenvalue weighted by atomic mass is 14.8. The molecule has 0 saturated heterocycles. The van der Waals surface area contributed by atoms with Crippen molar-refractivity contribution < 1.29 is 0 Å². The van der Waals surface area contributed by atoms with E-state index >= 15 is 0 Å². The van der Waals surface area contributed by atoms with Gasteiger partial charge in [0.1, 0.15) is 0 Å². The first-order valence-corrected chi connectivity index (χ1v) is 5.50. The van der Waals surface area contributed by atoms with E-state index < -0.39 is 0 Å². The Labute approximate surface area is 84.9 Å². The van der Waals surface area contributed by atoms with Gasteiger partial charge in [0.15, 0.2) is 0 Å². The lowest BCUT2D eigenvalue weighted by Gasteiger charge is -2.22. The monoisotopic (exact) mass is 185 g/mol. The van der Waals surface area contributed by atoms with Gasteiger partial charge in [-0.05, 0) is 37.3 Å². The molecule has 72 valence electrons. The Morgan fingerprint density at radius 2 is 2.14 bits per heavy atom. The van der Waals surface area contributed by atoms with Crippen LogP contribution in [0, 0.1) is 5.92 Å². The summed E-state index contributed by atoms with van der Waals surface area (Å²) in [6.07, 6.45) is 3.82. The Morgan fingerprint density at radius 1 is 1.29 bits per heavy atom. The highest BCUT2D eigenvalue weighted by Crippen LogP contribution is 2.33. The third kappa shape index (κ3) is 1.12. The van der Waals surface area contributed by atoms with E-state index in [9.17, 15) is 0 Å². The first-order valence-electron chi connectivity index (χ1n) is 5.50. The van der Waals surface area contributed by atoms with Gasteiger partial charge in [-0.25, -0.2) is 0 Å². The number of aliphatic imine (C=N–C) groups is 1. The molecule has 2 atom stereocenters. The molecule has 1 heteroatoms. The third-order valence-corrected chi connectivity index (χ3v) is 3.43. The fraction of sp³-hybridized carbons (Fsp3) is 0.462. The van der Waals surface area contributed by atoms with Crippen LogP contribution in [0.3, 0.4) is 0 Å². The van der Waals surface area contributed by atoms with Crippen LogP contribution in [0.5, 0.6) is 0 Å². The minimum atomic E-state index is 0.543. The minimum Gasteiger partial charge on any atom is -0.286 e. The topological polar surface area (TPSA) is 12.4 Å². The summed E-state index contributed by atoms with van der Waals surface area (Å²) < 4.78 is 0. The van der Waals surface area contributed by atoms with E-state index in [2.05, 4.69) is 31.2 Å². The maximum Gasteiger partial charge on any atom is 0.0481 e. The zero-order valence-electron chi connectivity index (χ0n) is 8.53. The molecule has 1 aromatic rings. The number of rotatable bonds is 0. The van der Waals surface area contributed by atoms with Crippen molar-refractivity contribution in [2.75, 3.05) is 0 Å². The first kappa shape index (κ1) is 8.22. The molecule has 1 aromatic carbocycles.